The molecule has 2 aliphatic rings. The Morgan fingerprint density at radius 2 is 2.25 bits per heavy atom. The Kier molecular flexibility index (Phi) is 4.53. The van der Waals surface area contributed by atoms with Crippen LogP contribution in [0.3, 0.4) is 0 Å². The van der Waals surface area contributed by atoms with E-state index in [1.165, 1.54) is 0 Å². The van der Waals surface area contributed by atoms with E-state index in [0.717, 1.165) is 19.4 Å². The molecular formula is C18H27N3O3. The predicted octanol–water partition coefficient (Wildman–Crippen LogP) is 1.30. The number of hydrogen-bond donors (Lipinski definition) is 2. The van der Waals surface area contributed by atoms with Gasteiger partial charge in [-0.25, -0.2) is 0 Å². The SMILES string of the molecule is COc1ccnc(C(=O)N[C@@H]2CC3(C[C@H]2O)CN(C)C3C(C)C)c1. The number of nitrogens with zero attached hydrogens (tertiary/aromatic N) is 2. The molecule has 2 unspecified atom stereocenters. The van der Waals surface area contributed by atoms with Crippen LogP contribution in [0, 0.1) is 11.3 Å². The smallest absolute Gasteiger partial charge is 0.270 e. The maximum atomic E-state index is 12.5. The van der Waals surface area contributed by atoms with Crippen molar-refractivity contribution in [1.82, 2.24) is 15.2 Å². The van der Waals surface area contributed by atoms with Crippen LogP contribution in [0.25, 0.3) is 0 Å². The summed E-state index contributed by atoms with van der Waals surface area (Å²) in [5.41, 5.74) is 0.427. The number of rotatable bonds is 4. The molecule has 1 saturated carbocycles. The van der Waals surface area contributed by atoms with Gasteiger partial charge < -0.3 is 20.1 Å². The van der Waals surface area contributed by atoms with Crippen molar-refractivity contribution in [3.63, 3.8) is 0 Å². The van der Waals surface area contributed by atoms with Gasteiger partial charge in [0.2, 0.25) is 0 Å². The Bertz CT molecular complexity index is 617. The Morgan fingerprint density at radius 3 is 2.88 bits per heavy atom. The number of ether oxygens (including phenoxy) is 1. The van der Waals surface area contributed by atoms with Crippen LogP contribution < -0.4 is 10.1 Å². The first-order valence-corrected chi connectivity index (χ1v) is 8.55. The van der Waals surface area contributed by atoms with Crippen molar-refractivity contribution in [2.75, 3.05) is 20.7 Å². The fourth-order valence-electron chi connectivity index (χ4n) is 4.90. The number of aliphatic hydroxyl groups excluding tert-OH is 1. The summed E-state index contributed by atoms with van der Waals surface area (Å²) >= 11 is 0. The van der Waals surface area contributed by atoms with E-state index in [0.29, 0.717) is 23.4 Å². The average molecular weight is 333 g/mol. The average Bonchev–Trinajstić information content (AvgIpc) is 2.84. The standard InChI is InChI=1S/C18H27N3O3/c1-11(2)16-18(10-21(16)3)8-14(15(22)9-18)20-17(23)13-7-12(24-4)5-6-19-13/h5-7,11,14-16,22H,8-10H2,1-4H3,(H,20,23)/t14-,15-,16?,18?/m1/s1. The normalized spacial score (nSPS) is 32.8. The Hall–Kier alpha value is -1.66. The lowest BCUT2D eigenvalue weighted by Gasteiger charge is -2.57. The first-order chi connectivity index (χ1) is 11.4. The van der Waals surface area contributed by atoms with Crippen LogP contribution >= 0.6 is 0 Å². The summed E-state index contributed by atoms with van der Waals surface area (Å²) in [4.78, 5) is 18.9. The van der Waals surface area contributed by atoms with Crippen molar-refractivity contribution in [3.8, 4) is 5.75 Å². The molecule has 6 nitrogen and oxygen atoms in total. The molecule has 132 valence electrons. The van der Waals surface area contributed by atoms with Gasteiger partial charge in [0, 0.05) is 30.3 Å². The summed E-state index contributed by atoms with van der Waals surface area (Å²) in [5.74, 6) is 0.869. The number of hydrogen-bond acceptors (Lipinski definition) is 5. The number of methoxy groups -OCH3 is 1. The molecule has 0 aromatic carbocycles. The van der Waals surface area contributed by atoms with E-state index in [1.807, 2.05) is 0 Å². The van der Waals surface area contributed by atoms with Crippen molar-refractivity contribution in [1.29, 1.82) is 0 Å². The minimum Gasteiger partial charge on any atom is -0.497 e. The summed E-state index contributed by atoms with van der Waals surface area (Å²) in [5, 5.41) is 13.5. The highest BCUT2D eigenvalue weighted by molar-refractivity contribution is 5.92. The van der Waals surface area contributed by atoms with Gasteiger partial charge in [0.1, 0.15) is 11.4 Å². The summed E-state index contributed by atoms with van der Waals surface area (Å²) < 4.78 is 5.13. The lowest BCUT2D eigenvalue weighted by Crippen LogP contribution is -2.64. The van der Waals surface area contributed by atoms with Gasteiger partial charge >= 0.3 is 0 Å². The number of aliphatic hydroxyl groups is 1. The molecule has 1 saturated heterocycles. The highest BCUT2D eigenvalue weighted by Gasteiger charge is 2.58. The highest BCUT2D eigenvalue weighted by atomic mass is 16.5. The Morgan fingerprint density at radius 1 is 1.50 bits per heavy atom. The molecule has 3 rings (SSSR count). The number of likely N-dealkylation sites (tertiary alicyclic amines) is 1. The molecule has 1 aromatic rings. The van der Waals surface area contributed by atoms with Gasteiger partial charge in [-0.3, -0.25) is 9.78 Å². The molecule has 6 heteroatoms. The molecule has 1 aromatic heterocycles. The van der Waals surface area contributed by atoms with Gasteiger partial charge in [0.05, 0.1) is 19.3 Å². The Labute approximate surface area is 143 Å². The van der Waals surface area contributed by atoms with Crippen LogP contribution in [-0.4, -0.2) is 59.8 Å². The zero-order valence-electron chi connectivity index (χ0n) is 14.8. The Balaban J connectivity index is 1.69. The lowest BCUT2D eigenvalue weighted by atomic mass is 9.66. The van der Waals surface area contributed by atoms with E-state index in [9.17, 15) is 9.90 Å². The van der Waals surface area contributed by atoms with E-state index >= 15 is 0 Å². The zero-order valence-corrected chi connectivity index (χ0v) is 14.8. The predicted molar refractivity (Wildman–Crippen MR) is 91.0 cm³/mol. The van der Waals surface area contributed by atoms with Crippen molar-refractivity contribution in [2.24, 2.45) is 11.3 Å². The third-order valence-corrected chi connectivity index (χ3v) is 5.52. The summed E-state index contributed by atoms with van der Waals surface area (Å²) in [7, 11) is 3.69. The van der Waals surface area contributed by atoms with Crippen LogP contribution in [0.2, 0.25) is 0 Å². The molecule has 4 atom stereocenters. The molecule has 2 fully saturated rings. The molecule has 1 amide bonds. The van der Waals surface area contributed by atoms with E-state index in [1.54, 1.807) is 25.4 Å². The summed E-state index contributed by atoms with van der Waals surface area (Å²) in [6.07, 6.45) is 2.61. The number of nitrogens with one attached hydrogen (secondary N) is 1. The van der Waals surface area contributed by atoms with Crippen LogP contribution in [0.4, 0.5) is 0 Å². The second-order valence-electron chi connectivity index (χ2n) is 7.60. The van der Waals surface area contributed by atoms with Crippen molar-refractivity contribution in [3.05, 3.63) is 24.0 Å². The number of carbonyl (C=O) groups is 1. The molecule has 0 radical (unpaired) electrons. The van der Waals surface area contributed by atoms with E-state index in [-0.39, 0.29) is 17.4 Å². The molecule has 1 aliphatic heterocycles. The molecule has 1 aliphatic carbocycles. The molecule has 2 N–H and O–H groups in total. The second kappa shape index (κ2) is 6.33. The zero-order chi connectivity index (χ0) is 17.5. The number of aromatic nitrogens is 1. The molecule has 0 bridgehead atoms. The van der Waals surface area contributed by atoms with Crippen LogP contribution in [0.15, 0.2) is 18.3 Å². The minimum atomic E-state index is -0.505. The molecule has 2 heterocycles. The minimum absolute atomic E-state index is 0.113. The van der Waals surface area contributed by atoms with Crippen LogP contribution in [-0.2, 0) is 0 Å². The van der Waals surface area contributed by atoms with E-state index in [4.69, 9.17) is 4.74 Å². The first-order valence-electron chi connectivity index (χ1n) is 8.55. The van der Waals surface area contributed by atoms with Crippen molar-refractivity contribution < 1.29 is 14.6 Å². The van der Waals surface area contributed by atoms with Gasteiger partial charge in [0.25, 0.3) is 5.91 Å². The fourth-order valence-corrected chi connectivity index (χ4v) is 4.90. The summed E-state index contributed by atoms with van der Waals surface area (Å²) in [6, 6.07) is 3.55. The topological polar surface area (TPSA) is 74.7 Å². The lowest BCUT2D eigenvalue weighted by molar-refractivity contribution is -0.0827. The van der Waals surface area contributed by atoms with Gasteiger partial charge in [-0.05, 0) is 31.9 Å². The number of carbonyl (C=O) groups excluding carboxylic acids is 1. The number of amides is 1. The molecule has 24 heavy (non-hydrogen) atoms. The second-order valence-corrected chi connectivity index (χ2v) is 7.60. The highest BCUT2D eigenvalue weighted by Crippen LogP contribution is 2.52. The summed E-state index contributed by atoms with van der Waals surface area (Å²) in [6.45, 7) is 5.43. The van der Waals surface area contributed by atoms with Gasteiger partial charge in [-0.1, -0.05) is 13.8 Å². The van der Waals surface area contributed by atoms with Gasteiger partial charge in [0.15, 0.2) is 0 Å². The van der Waals surface area contributed by atoms with E-state index < -0.39 is 6.10 Å². The maximum Gasteiger partial charge on any atom is 0.270 e. The van der Waals surface area contributed by atoms with Gasteiger partial charge in [-0.2, -0.15) is 0 Å². The van der Waals surface area contributed by atoms with Crippen molar-refractivity contribution >= 4 is 5.91 Å². The first kappa shape index (κ1) is 17.2. The van der Waals surface area contributed by atoms with Gasteiger partial charge in [-0.15, -0.1) is 0 Å². The van der Waals surface area contributed by atoms with Crippen LogP contribution in [0.5, 0.6) is 5.75 Å². The largest absolute Gasteiger partial charge is 0.497 e. The molecular weight excluding hydrogens is 306 g/mol. The third-order valence-electron chi connectivity index (χ3n) is 5.52. The van der Waals surface area contributed by atoms with Crippen molar-refractivity contribution in [2.45, 2.75) is 44.9 Å². The third kappa shape index (κ3) is 2.89. The molecule has 1 spiro atoms. The van der Waals surface area contributed by atoms with E-state index in [2.05, 4.69) is 36.1 Å². The van der Waals surface area contributed by atoms with Crippen LogP contribution in [0.1, 0.15) is 37.2 Å². The maximum absolute atomic E-state index is 12.5. The fraction of sp³-hybridized carbons (Fsp3) is 0.667. The quantitative estimate of drug-likeness (QED) is 0.869. The number of pyridine rings is 1. The monoisotopic (exact) mass is 333 g/mol.